The molecule has 1 aromatic carbocycles. The summed E-state index contributed by atoms with van der Waals surface area (Å²) in [4.78, 5) is 13.4. The number of nitrogens with one attached hydrogen (secondary N) is 1. The van der Waals surface area contributed by atoms with Crippen LogP contribution in [-0.4, -0.2) is 34.3 Å². The second-order valence-corrected chi connectivity index (χ2v) is 8.52. The SMILES string of the molecule is CCOP(Cc1csc(Nc2ncnc3ccc(OC(C)C)cc23)n1)OCC. The lowest BCUT2D eigenvalue weighted by Crippen LogP contribution is -2.05. The summed E-state index contributed by atoms with van der Waals surface area (Å²) in [6.07, 6.45) is 2.32. The Morgan fingerprint density at radius 2 is 1.93 bits per heavy atom. The minimum absolute atomic E-state index is 0.102. The van der Waals surface area contributed by atoms with Crippen LogP contribution in [0.15, 0.2) is 29.9 Å². The van der Waals surface area contributed by atoms with Crippen molar-refractivity contribution in [3.05, 3.63) is 35.6 Å². The summed E-state index contributed by atoms with van der Waals surface area (Å²) in [6, 6.07) is 5.81. The van der Waals surface area contributed by atoms with Gasteiger partial charge < -0.3 is 19.1 Å². The van der Waals surface area contributed by atoms with Gasteiger partial charge in [0.2, 0.25) is 0 Å². The number of benzene rings is 1. The highest BCUT2D eigenvalue weighted by Crippen LogP contribution is 2.42. The van der Waals surface area contributed by atoms with Crippen LogP contribution in [0.1, 0.15) is 33.4 Å². The molecule has 0 radical (unpaired) electrons. The maximum atomic E-state index is 5.80. The Morgan fingerprint density at radius 1 is 1.14 bits per heavy atom. The van der Waals surface area contributed by atoms with Gasteiger partial charge in [-0.05, 0) is 45.9 Å². The van der Waals surface area contributed by atoms with Gasteiger partial charge in [-0.3, -0.25) is 0 Å². The highest BCUT2D eigenvalue weighted by Gasteiger charge is 2.14. The molecule has 0 spiro atoms. The molecular weight excluding hydrogens is 395 g/mol. The first-order chi connectivity index (χ1) is 13.6. The van der Waals surface area contributed by atoms with Crippen LogP contribution >= 0.6 is 19.7 Å². The standard InChI is InChI=1S/C19H25N4O3PS/c1-5-24-27(25-6-2)10-14-11-28-19(22-14)23-18-16-9-15(26-13(3)4)7-8-17(16)20-12-21-18/h7-9,11-13H,5-6,10H2,1-4H3,(H,20,21,22,23). The molecule has 2 heterocycles. The maximum absolute atomic E-state index is 5.80. The molecular formula is C19H25N4O3PS. The van der Waals surface area contributed by atoms with Crippen molar-refractivity contribution in [2.75, 3.05) is 18.5 Å². The van der Waals surface area contributed by atoms with Gasteiger partial charge in [-0.1, -0.05) is 0 Å². The molecule has 0 aliphatic rings. The molecule has 3 rings (SSSR count). The largest absolute Gasteiger partial charge is 0.491 e. The Bertz CT molecular complexity index is 900. The molecule has 7 nitrogen and oxygen atoms in total. The van der Waals surface area contributed by atoms with E-state index in [1.54, 1.807) is 6.33 Å². The first kappa shape index (κ1) is 20.9. The number of nitrogens with zero attached hydrogens (tertiary/aromatic N) is 3. The number of aromatic nitrogens is 3. The average molecular weight is 420 g/mol. The molecule has 150 valence electrons. The molecule has 0 aliphatic carbocycles. The number of fused-ring (bicyclic) bond motifs is 1. The molecule has 0 unspecified atom stereocenters. The summed E-state index contributed by atoms with van der Waals surface area (Å²) in [6.45, 7) is 9.21. The van der Waals surface area contributed by atoms with Gasteiger partial charge in [-0.15, -0.1) is 11.3 Å². The Labute approximate surface area is 170 Å². The van der Waals surface area contributed by atoms with E-state index in [1.165, 1.54) is 11.3 Å². The summed E-state index contributed by atoms with van der Waals surface area (Å²) < 4.78 is 17.1. The van der Waals surface area contributed by atoms with Crippen LogP contribution in [0.25, 0.3) is 10.9 Å². The zero-order chi connectivity index (χ0) is 19.9. The summed E-state index contributed by atoms with van der Waals surface area (Å²) in [5, 5.41) is 6.99. The molecule has 9 heteroatoms. The van der Waals surface area contributed by atoms with Gasteiger partial charge in [0.25, 0.3) is 0 Å². The van der Waals surface area contributed by atoms with E-state index in [1.807, 2.05) is 51.3 Å². The third-order valence-electron chi connectivity index (χ3n) is 3.59. The molecule has 0 saturated carbocycles. The van der Waals surface area contributed by atoms with Crippen LogP contribution in [-0.2, 0) is 15.2 Å². The summed E-state index contributed by atoms with van der Waals surface area (Å²) in [5.41, 5.74) is 1.80. The third-order valence-corrected chi connectivity index (χ3v) is 6.07. The highest BCUT2D eigenvalue weighted by atomic mass is 32.1. The molecule has 0 saturated heterocycles. The Balaban J connectivity index is 1.78. The fourth-order valence-electron chi connectivity index (χ4n) is 2.57. The summed E-state index contributed by atoms with van der Waals surface area (Å²) in [5.74, 6) is 1.50. The maximum Gasteiger partial charge on any atom is 0.188 e. The van der Waals surface area contributed by atoms with Crippen LogP contribution in [0.3, 0.4) is 0 Å². The number of thiazole rings is 1. The second-order valence-electron chi connectivity index (χ2n) is 6.16. The number of anilines is 2. The molecule has 28 heavy (non-hydrogen) atoms. The van der Waals surface area contributed by atoms with E-state index in [-0.39, 0.29) is 6.10 Å². The van der Waals surface area contributed by atoms with Crippen LogP contribution in [0.5, 0.6) is 5.75 Å². The molecule has 0 atom stereocenters. The first-order valence-electron chi connectivity index (χ1n) is 9.25. The number of hydrogen-bond donors (Lipinski definition) is 1. The molecule has 2 aromatic heterocycles. The molecule has 1 N–H and O–H groups in total. The van der Waals surface area contributed by atoms with Crippen LogP contribution in [0.2, 0.25) is 0 Å². The Hall–Kier alpha value is -1.86. The predicted octanol–water partition coefficient (Wildman–Crippen LogP) is 5.50. The van der Waals surface area contributed by atoms with Gasteiger partial charge in [-0.2, -0.15) is 0 Å². The van der Waals surface area contributed by atoms with Crippen molar-refractivity contribution in [3.63, 3.8) is 0 Å². The second kappa shape index (κ2) is 10.1. The predicted molar refractivity (Wildman–Crippen MR) is 115 cm³/mol. The Kier molecular flexibility index (Phi) is 7.50. The van der Waals surface area contributed by atoms with Crippen molar-refractivity contribution in [1.29, 1.82) is 0 Å². The van der Waals surface area contributed by atoms with Gasteiger partial charge in [0.15, 0.2) is 13.5 Å². The van der Waals surface area contributed by atoms with E-state index >= 15 is 0 Å². The van der Waals surface area contributed by atoms with Crippen molar-refractivity contribution >= 4 is 41.6 Å². The molecule has 0 fully saturated rings. The zero-order valence-corrected chi connectivity index (χ0v) is 18.2. The Morgan fingerprint density at radius 3 is 2.64 bits per heavy atom. The molecule has 0 amide bonds. The topological polar surface area (TPSA) is 78.4 Å². The summed E-state index contributed by atoms with van der Waals surface area (Å²) >= 11 is 1.53. The number of ether oxygens (including phenoxy) is 1. The molecule has 0 aliphatic heterocycles. The van der Waals surface area contributed by atoms with Gasteiger partial charge in [0.1, 0.15) is 17.9 Å². The van der Waals surface area contributed by atoms with Crippen LogP contribution in [0, 0.1) is 0 Å². The third kappa shape index (κ3) is 5.58. The lowest BCUT2D eigenvalue weighted by atomic mass is 10.2. The van der Waals surface area contributed by atoms with Crippen molar-refractivity contribution in [2.45, 2.75) is 40.0 Å². The van der Waals surface area contributed by atoms with E-state index in [2.05, 4.69) is 20.3 Å². The molecule has 0 bridgehead atoms. The quantitative estimate of drug-likeness (QED) is 0.434. The van der Waals surface area contributed by atoms with Gasteiger partial charge in [-0.25, -0.2) is 15.0 Å². The summed E-state index contributed by atoms with van der Waals surface area (Å²) in [7, 11) is -0.950. The minimum Gasteiger partial charge on any atom is -0.491 e. The smallest absolute Gasteiger partial charge is 0.188 e. The normalized spacial score (nSPS) is 11.5. The van der Waals surface area contributed by atoms with E-state index in [0.717, 1.165) is 27.5 Å². The van der Waals surface area contributed by atoms with E-state index in [4.69, 9.17) is 13.8 Å². The highest BCUT2D eigenvalue weighted by molar-refractivity contribution is 7.46. The first-order valence-corrected chi connectivity index (χ1v) is 11.5. The fourth-order valence-corrected chi connectivity index (χ4v) is 4.66. The lowest BCUT2D eigenvalue weighted by molar-refractivity contribution is 0.243. The van der Waals surface area contributed by atoms with Crippen molar-refractivity contribution < 1.29 is 13.8 Å². The monoisotopic (exact) mass is 420 g/mol. The fraction of sp³-hybridized carbons (Fsp3) is 0.421. The molecule has 3 aromatic rings. The zero-order valence-electron chi connectivity index (χ0n) is 16.5. The van der Waals surface area contributed by atoms with E-state index in [9.17, 15) is 0 Å². The lowest BCUT2D eigenvalue weighted by Gasteiger charge is -2.14. The number of rotatable bonds is 10. The van der Waals surface area contributed by atoms with Crippen molar-refractivity contribution in [2.24, 2.45) is 0 Å². The van der Waals surface area contributed by atoms with Crippen molar-refractivity contribution in [3.8, 4) is 5.75 Å². The van der Waals surface area contributed by atoms with Crippen LogP contribution in [0.4, 0.5) is 10.9 Å². The van der Waals surface area contributed by atoms with E-state index in [0.29, 0.717) is 25.2 Å². The van der Waals surface area contributed by atoms with Gasteiger partial charge in [0.05, 0.1) is 36.7 Å². The minimum atomic E-state index is -0.950. The number of hydrogen-bond acceptors (Lipinski definition) is 8. The van der Waals surface area contributed by atoms with Crippen molar-refractivity contribution in [1.82, 2.24) is 15.0 Å². The van der Waals surface area contributed by atoms with Gasteiger partial charge in [0, 0.05) is 10.8 Å². The van der Waals surface area contributed by atoms with Gasteiger partial charge >= 0.3 is 0 Å². The van der Waals surface area contributed by atoms with E-state index < -0.39 is 8.38 Å². The van der Waals surface area contributed by atoms with Crippen LogP contribution < -0.4 is 10.1 Å². The average Bonchev–Trinajstić information content (AvgIpc) is 3.09.